The van der Waals surface area contributed by atoms with Gasteiger partial charge in [0.25, 0.3) is 0 Å². The summed E-state index contributed by atoms with van der Waals surface area (Å²) in [6.45, 7) is 2.55. The lowest BCUT2D eigenvalue weighted by atomic mass is 9.47. The summed E-state index contributed by atoms with van der Waals surface area (Å²) in [5.74, 6) is 13.8. The molecule has 0 heteroatoms. The van der Waals surface area contributed by atoms with Crippen LogP contribution in [0.1, 0.15) is 19.8 Å². The van der Waals surface area contributed by atoms with Crippen molar-refractivity contribution in [2.24, 2.45) is 65.1 Å². The lowest BCUT2D eigenvalue weighted by Crippen LogP contribution is -2.54. The fourth-order valence-electron chi connectivity index (χ4n) is 8.05. The molecule has 0 N–H and O–H groups in total. The van der Waals surface area contributed by atoms with Crippen LogP contribution in [0.2, 0.25) is 0 Å². The molecule has 0 aromatic heterocycles. The molecule has 9 rings (SSSR count). The van der Waals surface area contributed by atoms with E-state index < -0.39 is 0 Å². The minimum atomic E-state index is 1.12. The lowest BCUT2D eigenvalue weighted by Gasteiger charge is -2.57. The van der Waals surface area contributed by atoms with Gasteiger partial charge in [-0.1, -0.05) is 6.92 Å². The van der Waals surface area contributed by atoms with E-state index in [9.17, 15) is 0 Å². The van der Waals surface area contributed by atoms with Gasteiger partial charge in [-0.05, 0) is 77.9 Å². The molecule has 0 radical (unpaired) electrons. The molecular weight excluding hydrogens is 168 g/mol. The molecule has 7 atom stereocenters. The molecule has 74 valence electrons. The normalized spacial score (nSPS) is 88.5. The summed E-state index contributed by atoms with van der Waals surface area (Å²) in [6, 6.07) is 0. The fraction of sp³-hybridized carbons (Fsp3) is 1.00. The van der Waals surface area contributed by atoms with E-state index in [1.165, 1.54) is 59.2 Å². The van der Waals surface area contributed by atoms with E-state index in [0.29, 0.717) is 0 Å². The number of hydrogen-bond acceptors (Lipinski definition) is 0. The molecular formula is C14H18. The van der Waals surface area contributed by atoms with Crippen molar-refractivity contribution >= 4 is 0 Å². The van der Waals surface area contributed by atoms with Gasteiger partial charge in [-0.15, -0.1) is 0 Å². The molecule has 9 aliphatic rings. The molecule has 9 aliphatic carbocycles. The van der Waals surface area contributed by atoms with Gasteiger partial charge >= 0.3 is 0 Å². The molecule has 7 unspecified atom stereocenters. The van der Waals surface area contributed by atoms with Gasteiger partial charge in [0.1, 0.15) is 0 Å². The summed E-state index contributed by atoms with van der Waals surface area (Å²) in [6.07, 6.45) is 3.31. The van der Waals surface area contributed by atoms with Gasteiger partial charge in [0.15, 0.2) is 0 Å². The first kappa shape index (κ1) is 6.55. The van der Waals surface area contributed by atoms with E-state index >= 15 is 0 Å². The maximum atomic E-state index is 2.55. The van der Waals surface area contributed by atoms with Crippen LogP contribution in [0.3, 0.4) is 0 Å². The van der Waals surface area contributed by atoms with E-state index in [1.807, 2.05) is 0 Å². The van der Waals surface area contributed by atoms with Gasteiger partial charge < -0.3 is 0 Å². The van der Waals surface area contributed by atoms with Crippen molar-refractivity contribution in [1.82, 2.24) is 0 Å². The lowest BCUT2D eigenvalue weighted by molar-refractivity contribution is -0.108. The second-order valence-corrected chi connectivity index (χ2v) is 7.48. The highest BCUT2D eigenvalue weighted by atomic mass is 14.9. The Bertz CT molecular complexity index is 333. The second kappa shape index (κ2) is 1.53. The molecule has 0 spiro atoms. The number of rotatable bonds is 0. The monoisotopic (exact) mass is 186 g/mol. The van der Waals surface area contributed by atoms with Crippen LogP contribution in [0.4, 0.5) is 0 Å². The van der Waals surface area contributed by atoms with Crippen LogP contribution in [-0.2, 0) is 0 Å². The zero-order chi connectivity index (χ0) is 8.77. The summed E-state index contributed by atoms with van der Waals surface area (Å²) >= 11 is 0. The number of fused-ring (bicyclic) bond motifs is 1. The van der Waals surface area contributed by atoms with Gasteiger partial charge in [-0.2, -0.15) is 0 Å². The standard InChI is InChI=1S/C14H18/c1-4-2-5-9-8(4)10(5)12-6-3-7-13(11(6)9)14(7)12/h4-14H,2-3H2,1H3. The maximum absolute atomic E-state index is 2.55. The van der Waals surface area contributed by atoms with Crippen molar-refractivity contribution in [3.63, 3.8) is 0 Å². The molecule has 0 aromatic rings. The van der Waals surface area contributed by atoms with Crippen LogP contribution >= 0.6 is 0 Å². The van der Waals surface area contributed by atoms with Crippen LogP contribution in [0.5, 0.6) is 0 Å². The predicted molar refractivity (Wildman–Crippen MR) is 53.3 cm³/mol. The van der Waals surface area contributed by atoms with Crippen molar-refractivity contribution in [1.29, 1.82) is 0 Å². The molecule has 10 bridgehead atoms. The first-order chi connectivity index (χ1) is 6.88. The van der Waals surface area contributed by atoms with E-state index in [4.69, 9.17) is 0 Å². The number of hydrogen-bond donors (Lipinski definition) is 0. The summed E-state index contributed by atoms with van der Waals surface area (Å²) in [4.78, 5) is 0. The first-order valence-corrected chi connectivity index (χ1v) is 6.88. The summed E-state index contributed by atoms with van der Waals surface area (Å²) in [5, 5.41) is 0. The highest BCUT2D eigenvalue weighted by molar-refractivity contribution is 5.32. The fourth-order valence-corrected chi connectivity index (χ4v) is 8.05. The summed E-state index contributed by atoms with van der Waals surface area (Å²) in [5.41, 5.74) is 0. The molecule has 9 fully saturated rings. The van der Waals surface area contributed by atoms with Crippen LogP contribution in [0.25, 0.3) is 0 Å². The Morgan fingerprint density at radius 1 is 0.571 bits per heavy atom. The van der Waals surface area contributed by atoms with Crippen LogP contribution in [-0.4, -0.2) is 0 Å². The smallest absolute Gasteiger partial charge is 0.0315 e. The predicted octanol–water partition coefficient (Wildman–Crippen LogP) is 2.65. The van der Waals surface area contributed by atoms with E-state index in [-0.39, 0.29) is 0 Å². The molecule has 0 nitrogen and oxygen atoms in total. The highest BCUT2D eigenvalue weighted by Gasteiger charge is 2.85. The Balaban J connectivity index is 1.60. The van der Waals surface area contributed by atoms with Crippen molar-refractivity contribution < 1.29 is 0 Å². The Hall–Kier alpha value is 0. The Morgan fingerprint density at radius 2 is 1.00 bits per heavy atom. The van der Waals surface area contributed by atoms with E-state index in [1.54, 1.807) is 12.8 Å². The third-order valence-corrected chi connectivity index (χ3v) is 7.78. The molecule has 0 heterocycles. The van der Waals surface area contributed by atoms with E-state index in [0.717, 1.165) is 5.92 Å². The minimum Gasteiger partial charge on any atom is -0.0622 e. The largest absolute Gasteiger partial charge is 0.0622 e. The molecule has 0 aliphatic heterocycles. The van der Waals surface area contributed by atoms with Crippen molar-refractivity contribution in [3.05, 3.63) is 0 Å². The molecule has 0 saturated heterocycles. The van der Waals surface area contributed by atoms with Gasteiger partial charge in [0.2, 0.25) is 0 Å². The SMILES string of the molecule is CC1CC2C3C1C2C1C2CC4C(C23)C41. The average Bonchev–Trinajstić information content (AvgIpc) is 2.62. The minimum absolute atomic E-state index is 1.12. The summed E-state index contributed by atoms with van der Waals surface area (Å²) in [7, 11) is 0. The van der Waals surface area contributed by atoms with Crippen LogP contribution in [0.15, 0.2) is 0 Å². The third-order valence-electron chi connectivity index (χ3n) is 7.78. The van der Waals surface area contributed by atoms with Crippen molar-refractivity contribution in [2.75, 3.05) is 0 Å². The van der Waals surface area contributed by atoms with Gasteiger partial charge in [-0.3, -0.25) is 0 Å². The van der Waals surface area contributed by atoms with E-state index in [2.05, 4.69) is 6.92 Å². The maximum Gasteiger partial charge on any atom is -0.0315 e. The second-order valence-electron chi connectivity index (χ2n) is 7.48. The van der Waals surface area contributed by atoms with Gasteiger partial charge in [0.05, 0.1) is 0 Å². The highest BCUT2D eigenvalue weighted by Crippen LogP contribution is 2.89. The third kappa shape index (κ3) is 0.378. The molecule has 14 heavy (non-hydrogen) atoms. The molecule has 9 saturated carbocycles. The Morgan fingerprint density at radius 3 is 1.36 bits per heavy atom. The zero-order valence-corrected chi connectivity index (χ0v) is 8.77. The molecule has 0 amide bonds. The topological polar surface area (TPSA) is 0 Å². The molecule has 0 aromatic carbocycles. The quantitative estimate of drug-likeness (QED) is 0.545. The zero-order valence-electron chi connectivity index (χ0n) is 8.77. The Labute approximate surface area is 85.4 Å². The Kier molecular flexibility index (Phi) is 0.715. The first-order valence-electron chi connectivity index (χ1n) is 6.88. The summed E-state index contributed by atoms with van der Waals surface area (Å²) < 4.78 is 0. The van der Waals surface area contributed by atoms with Gasteiger partial charge in [0, 0.05) is 0 Å². The van der Waals surface area contributed by atoms with Crippen molar-refractivity contribution in [3.8, 4) is 0 Å². The van der Waals surface area contributed by atoms with Gasteiger partial charge in [-0.25, -0.2) is 0 Å². The van der Waals surface area contributed by atoms with Crippen LogP contribution < -0.4 is 0 Å². The van der Waals surface area contributed by atoms with Crippen molar-refractivity contribution in [2.45, 2.75) is 19.8 Å². The van der Waals surface area contributed by atoms with Crippen LogP contribution in [0, 0.1) is 65.1 Å². The average molecular weight is 186 g/mol.